The van der Waals surface area contributed by atoms with Gasteiger partial charge in [0.25, 0.3) is 0 Å². The van der Waals surface area contributed by atoms with Gasteiger partial charge in [0.05, 0.1) is 45.6 Å². The number of hydrogen-bond acceptors (Lipinski definition) is 4. The van der Waals surface area contributed by atoms with Crippen molar-refractivity contribution in [1.29, 1.82) is 0 Å². The number of benzene rings is 9. The molecule has 1 fully saturated rings. The van der Waals surface area contributed by atoms with E-state index in [1.54, 1.807) is 0 Å². The average Bonchev–Trinajstić information content (AvgIpc) is 4.12. The van der Waals surface area contributed by atoms with Gasteiger partial charge in [-0.15, -0.1) is 4.58 Å². The lowest BCUT2D eigenvalue weighted by Crippen LogP contribution is -2.40. The van der Waals surface area contributed by atoms with Gasteiger partial charge in [-0.3, -0.25) is 14.7 Å². The maximum Gasteiger partial charge on any atom is 0.236 e. The number of carbonyl (C=O) groups is 1. The Hall–Kier alpha value is -9.85. The van der Waals surface area contributed by atoms with E-state index in [0.29, 0.717) is 12.2 Å². The number of ketones is 1. The zero-order valence-corrected chi connectivity index (χ0v) is 43.2. The third-order valence-electron chi connectivity index (χ3n) is 17.6. The average molecular weight is 1020 g/mol. The van der Waals surface area contributed by atoms with Crippen molar-refractivity contribution >= 4 is 89.0 Å². The third-order valence-corrected chi connectivity index (χ3v) is 17.6. The smallest absolute Gasteiger partial charge is 0.236 e. The molecule has 5 heterocycles. The van der Waals surface area contributed by atoms with Crippen LogP contribution in [-0.2, 0) is 9.53 Å². The summed E-state index contributed by atoms with van der Waals surface area (Å²) in [7, 11) is 0. The highest BCUT2D eigenvalue weighted by atomic mass is 16.5. The van der Waals surface area contributed by atoms with Gasteiger partial charge in [0.15, 0.2) is 5.78 Å². The van der Waals surface area contributed by atoms with Crippen molar-refractivity contribution in [2.75, 3.05) is 4.90 Å². The molecule has 17 rings (SSSR count). The fourth-order valence-electron chi connectivity index (χ4n) is 14.1. The van der Waals surface area contributed by atoms with E-state index in [0.717, 1.165) is 143 Å². The van der Waals surface area contributed by atoms with Gasteiger partial charge in [-0.1, -0.05) is 134 Å². The van der Waals surface area contributed by atoms with Gasteiger partial charge < -0.3 is 13.9 Å². The summed E-state index contributed by atoms with van der Waals surface area (Å²) in [5, 5.41) is 6.91. The van der Waals surface area contributed by atoms with Crippen molar-refractivity contribution in [2.45, 2.75) is 38.2 Å². The molecule has 0 amide bonds. The molecule has 79 heavy (non-hydrogen) atoms. The van der Waals surface area contributed by atoms with E-state index in [2.05, 4.69) is 249 Å². The Balaban J connectivity index is 1.04. The van der Waals surface area contributed by atoms with Gasteiger partial charge >= 0.3 is 0 Å². The summed E-state index contributed by atoms with van der Waals surface area (Å²) >= 11 is 0. The van der Waals surface area contributed by atoms with Gasteiger partial charge in [-0.25, -0.2) is 0 Å². The lowest BCUT2D eigenvalue weighted by molar-refractivity contribution is -0.127. The Morgan fingerprint density at radius 3 is 1.78 bits per heavy atom. The molecule has 5 aliphatic rings. The molecule has 7 heteroatoms. The minimum Gasteiger partial charge on any atom is -0.489 e. The number of pyridine rings is 1. The second-order valence-electron chi connectivity index (χ2n) is 21.7. The summed E-state index contributed by atoms with van der Waals surface area (Å²) in [6.45, 7) is 0. The normalized spacial score (nSPS) is 17.2. The lowest BCUT2D eigenvalue weighted by atomic mass is 9.74. The van der Waals surface area contributed by atoms with E-state index in [9.17, 15) is 0 Å². The lowest BCUT2D eigenvalue weighted by Gasteiger charge is -2.38. The molecule has 374 valence electrons. The third kappa shape index (κ3) is 6.50. The molecule has 3 aromatic heterocycles. The Labute approximate surface area is 455 Å². The van der Waals surface area contributed by atoms with Crippen LogP contribution >= 0.6 is 0 Å². The standard InChI is InChI=1S/C72H50N5O2/c78-72-53-27-11-18-34-69(53)79-70-42-59-55(39-60(70)72)57-41-68-67(74(44-19-3-1-4-20-44)65-32-16-17-33-66(65)75(68)45-21-5-2-6-22-45)40-56(57)48-36-35-46(76-61-28-12-7-23-49(61)50-24-8-13-29-62(50)76)37-54(48)58-38-47(43-73-71(58)59)77-63-30-14-9-25-51(63)52-26-10-15-31-64(52)77/h1-10,12-17,19-26,28-33,35-38,40-43,53,69H,11,18,27,34,39H2/q+1. The molecular weight excluding hydrogens is 967 g/mol. The molecule has 9 aromatic carbocycles. The number of fused-ring (bicyclic) bond motifs is 16. The van der Waals surface area contributed by atoms with E-state index in [4.69, 9.17) is 9.72 Å². The molecule has 7 nitrogen and oxygen atoms in total. The SMILES string of the molecule is O=C1C2=C(C=C3C(=c4cc5c(cc4-c4ccc(-n6c7ccccc7c7ccccc76)cc4-c4cc(-n6c7ccccc7c7ccccc76)cnc43)=[N+](c3ccccc3)c3ccccc3N5c3ccccc3)C2)OC2CCCCC12. The molecular formula is C72H50N5O2+. The number of nitrogens with zero attached hydrogens (tertiary/aromatic N) is 5. The van der Waals surface area contributed by atoms with Crippen molar-refractivity contribution < 1.29 is 9.53 Å². The topological polar surface area (TPSA) is 55.3 Å². The number of hydrogen-bond donors (Lipinski definition) is 0. The molecule has 2 unspecified atom stereocenters. The number of ether oxygens (including phenoxy) is 1. The molecule has 0 N–H and O–H groups in total. The quantitative estimate of drug-likeness (QED) is 0.165. The number of aromatic nitrogens is 3. The molecule has 0 saturated heterocycles. The first-order valence-electron chi connectivity index (χ1n) is 27.7. The van der Waals surface area contributed by atoms with Crippen molar-refractivity contribution in [3.8, 4) is 33.6 Å². The maximum absolute atomic E-state index is 15.1. The second-order valence-corrected chi connectivity index (χ2v) is 21.7. The molecule has 3 aliphatic carbocycles. The molecule has 0 radical (unpaired) electrons. The van der Waals surface area contributed by atoms with Crippen LogP contribution in [0.1, 0.15) is 37.8 Å². The summed E-state index contributed by atoms with van der Waals surface area (Å²) < 4.78 is 14.3. The summed E-state index contributed by atoms with van der Waals surface area (Å²) in [6.07, 6.45) is 8.38. The van der Waals surface area contributed by atoms with Crippen LogP contribution in [0, 0.1) is 5.92 Å². The van der Waals surface area contributed by atoms with Crippen LogP contribution in [0.25, 0.3) is 88.4 Å². The van der Waals surface area contributed by atoms with E-state index in [1.165, 1.54) is 21.5 Å². The fourth-order valence-corrected chi connectivity index (χ4v) is 14.1. The first-order valence-corrected chi connectivity index (χ1v) is 27.7. The van der Waals surface area contributed by atoms with E-state index in [1.807, 2.05) is 0 Å². The van der Waals surface area contributed by atoms with Crippen molar-refractivity contribution in [1.82, 2.24) is 18.7 Å². The number of anilines is 3. The molecule has 0 spiro atoms. The Kier molecular flexibility index (Phi) is 9.57. The predicted octanol–water partition coefficient (Wildman–Crippen LogP) is 15.9. The zero-order valence-electron chi connectivity index (χ0n) is 43.2. The predicted molar refractivity (Wildman–Crippen MR) is 320 cm³/mol. The van der Waals surface area contributed by atoms with E-state index < -0.39 is 0 Å². The van der Waals surface area contributed by atoms with E-state index in [-0.39, 0.29) is 17.8 Å². The number of rotatable bonds is 4. The van der Waals surface area contributed by atoms with Gasteiger partial charge in [0.1, 0.15) is 23.2 Å². The Morgan fingerprint density at radius 1 is 0.494 bits per heavy atom. The first-order chi connectivity index (χ1) is 39.1. The van der Waals surface area contributed by atoms with Crippen LogP contribution in [0.3, 0.4) is 0 Å². The summed E-state index contributed by atoms with van der Waals surface area (Å²) in [5.41, 5.74) is 19.7. The molecule has 1 saturated carbocycles. The Morgan fingerprint density at radius 2 is 1.09 bits per heavy atom. The zero-order chi connectivity index (χ0) is 51.9. The van der Waals surface area contributed by atoms with Gasteiger partial charge in [-0.05, 0) is 120 Å². The van der Waals surface area contributed by atoms with Crippen LogP contribution < -0.4 is 20.1 Å². The van der Waals surface area contributed by atoms with Crippen molar-refractivity contribution in [2.24, 2.45) is 5.92 Å². The highest BCUT2D eigenvalue weighted by Crippen LogP contribution is 2.50. The van der Waals surface area contributed by atoms with Crippen LogP contribution in [0.5, 0.6) is 0 Å². The number of para-hydroxylation sites is 8. The fraction of sp³-hybridized carbons (Fsp3) is 0.0972. The molecule has 12 aromatic rings. The summed E-state index contributed by atoms with van der Waals surface area (Å²) in [5.74, 6) is 0.792. The molecule has 0 bridgehead atoms. The van der Waals surface area contributed by atoms with Gasteiger partial charge in [0.2, 0.25) is 16.7 Å². The summed E-state index contributed by atoms with van der Waals surface area (Å²) in [6, 6.07) is 79.3. The van der Waals surface area contributed by atoms with Crippen LogP contribution in [-0.4, -0.2) is 26.0 Å². The van der Waals surface area contributed by atoms with E-state index >= 15 is 4.79 Å². The monoisotopic (exact) mass is 1020 g/mol. The van der Waals surface area contributed by atoms with Crippen molar-refractivity contribution in [3.63, 3.8) is 0 Å². The number of allylic oxidation sites excluding steroid dienone is 3. The van der Waals surface area contributed by atoms with Crippen LogP contribution in [0.2, 0.25) is 0 Å². The minimum absolute atomic E-state index is 0.130. The number of carbonyl (C=O) groups excluding carboxylic acids is 1. The van der Waals surface area contributed by atoms with Crippen LogP contribution in [0.15, 0.2) is 242 Å². The first kappa shape index (κ1) is 44.3. The Bertz CT molecular complexity index is 4720. The van der Waals surface area contributed by atoms with Crippen LogP contribution in [0.4, 0.5) is 28.4 Å². The molecule has 2 atom stereocenters. The highest BCUT2D eigenvalue weighted by Gasteiger charge is 2.43. The molecule has 2 aliphatic heterocycles. The largest absolute Gasteiger partial charge is 0.489 e. The highest BCUT2D eigenvalue weighted by molar-refractivity contribution is 6.14. The minimum atomic E-state index is -0.136. The maximum atomic E-state index is 15.1. The summed E-state index contributed by atoms with van der Waals surface area (Å²) in [4.78, 5) is 23.2. The number of Topliss-reactive ketones (excluding diaryl/α,β-unsaturated/α-hetero) is 1. The second kappa shape index (κ2) is 17.1. The van der Waals surface area contributed by atoms with Crippen molar-refractivity contribution in [3.05, 3.63) is 258 Å². The van der Waals surface area contributed by atoms with Gasteiger partial charge in [0, 0.05) is 80.3 Å². The van der Waals surface area contributed by atoms with Gasteiger partial charge in [-0.2, -0.15) is 0 Å².